The Bertz CT molecular complexity index is 957. The van der Waals surface area contributed by atoms with Crippen LogP contribution in [0.1, 0.15) is 68.1 Å². The molecule has 1 aromatic heterocycles. The van der Waals surface area contributed by atoms with Crippen LogP contribution in [0, 0.1) is 11.8 Å². The van der Waals surface area contributed by atoms with Gasteiger partial charge in [-0.2, -0.15) is 0 Å². The van der Waals surface area contributed by atoms with Gasteiger partial charge in [0.2, 0.25) is 5.91 Å². The lowest BCUT2D eigenvalue weighted by Gasteiger charge is -2.30. The molecule has 6 nitrogen and oxygen atoms in total. The number of hydrogen-bond donors (Lipinski definition) is 1. The third kappa shape index (κ3) is 4.12. The number of amides is 2. The Morgan fingerprint density at radius 2 is 1.77 bits per heavy atom. The summed E-state index contributed by atoms with van der Waals surface area (Å²) in [6.07, 6.45) is 8.16. The molecule has 1 aromatic carbocycles. The first-order valence-electron chi connectivity index (χ1n) is 11.9. The Labute approximate surface area is 184 Å². The first-order valence-corrected chi connectivity index (χ1v) is 11.9. The van der Waals surface area contributed by atoms with Gasteiger partial charge in [-0.25, -0.2) is 4.98 Å². The van der Waals surface area contributed by atoms with Crippen molar-refractivity contribution in [2.75, 3.05) is 6.54 Å². The van der Waals surface area contributed by atoms with Gasteiger partial charge in [0.15, 0.2) is 5.69 Å². The van der Waals surface area contributed by atoms with E-state index in [1.165, 1.54) is 32.1 Å². The van der Waals surface area contributed by atoms with Crippen molar-refractivity contribution in [2.24, 2.45) is 11.8 Å². The Morgan fingerprint density at radius 1 is 1.03 bits per heavy atom. The summed E-state index contributed by atoms with van der Waals surface area (Å²) >= 11 is 0. The van der Waals surface area contributed by atoms with E-state index in [2.05, 4.69) is 16.8 Å². The molecule has 2 amide bonds. The summed E-state index contributed by atoms with van der Waals surface area (Å²) in [5.74, 6) is 1.68. The first kappa shape index (κ1) is 20.3. The van der Waals surface area contributed by atoms with Crippen LogP contribution in [-0.4, -0.2) is 38.9 Å². The summed E-state index contributed by atoms with van der Waals surface area (Å²) in [5, 5.41) is 3.24. The Kier molecular flexibility index (Phi) is 5.55. The van der Waals surface area contributed by atoms with Gasteiger partial charge in [0, 0.05) is 30.6 Å². The number of rotatable bonds is 5. The number of benzene rings is 1. The molecule has 2 saturated carbocycles. The van der Waals surface area contributed by atoms with Crippen LogP contribution < -0.4 is 5.32 Å². The number of fused-ring (bicyclic) bond motifs is 1. The lowest BCUT2D eigenvalue weighted by molar-refractivity contribution is -0.134. The van der Waals surface area contributed by atoms with E-state index in [0.717, 1.165) is 29.9 Å². The standard InChI is InChI=1S/C25H32N4O2/c1-17(18-8-4-2-5-9-18)26-24(30)22-21-16-28(25(31)20-12-13-20)14-15-29(21)23(27-22)19-10-6-3-7-11-19/h3,6-7,10-11,17-18,20H,2,4-5,8-9,12-16H2,1H3,(H,26,30)/t17-/m1/s1. The summed E-state index contributed by atoms with van der Waals surface area (Å²) in [5.41, 5.74) is 2.35. The summed E-state index contributed by atoms with van der Waals surface area (Å²) in [7, 11) is 0. The first-order chi connectivity index (χ1) is 15.1. The van der Waals surface area contributed by atoms with E-state index in [1.807, 2.05) is 35.2 Å². The Balaban J connectivity index is 1.43. The molecule has 0 unspecified atom stereocenters. The van der Waals surface area contributed by atoms with Crippen LogP contribution >= 0.6 is 0 Å². The summed E-state index contributed by atoms with van der Waals surface area (Å²) in [4.78, 5) is 32.8. The average molecular weight is 421 g/mol. The number of nitrogens with one attached hydrogen (secondary N) is 1. The molecule has 2 heterocycles. The van der Waals surface area contributed by atoms with Crippen LogP contribution in [-0.2, 0) is 17.9 Å². The molecular formula is C25H32N4O2. The molecular weight excluding hydrogens is 388 g/mol. The highest BCUT2D eigenvalue weighted by Crippen LogP contribution is 2.34. The Hall–Kier alpha value is -2.63. The molecule has 6 heteroatoms. The minimum absolute atomic E-state index is 0.107. The highest BCUT2D eigenvalue weighted by atomic mass is 16.2. The molecule has 2 aliphatic carbocycles. The van der Waals surface area contributed by atoms with Crippen molar-refractivity contribution in [1.29, 1.82) is 0 Å². The number of aromatic nitrogens is 2. The molecule has 2 aromatic rings. The summed E-state index contributed by atoms with van der Waals surface area (Å²) in [6, 6.07) is 10.2. The van der Waals surface area contributed by atoms with E-state index >= 15 is 0 Å². The SMILES string of the molecule is C[C@@H](NC(=O)c1nc(-c2ccccc2)n2c1CN(C(=O)C1CC1)CC2)C1CCCCC1. The van der Waals surface area contributed by atoms with E-state index in [-0.39, 0.29) is 23.8 Å². The fraction of sp³-hybridized carbons (Fsp3) is 0.560. The zero-order valence-corrected chi connectivity index (χ0v) is 18.3. The highest BCUT2D eigenvalue weighted by molar-refractivity contribution is 5.94. The van der Waals surface area contributed by atoms with Crippen LogP contribution in [0.25, 0.3) is 11.4 Å². The van der Waals surface area contributed by atoms with Gasteiger partial charge in [0.05, 0.1) is 12.2 Å². The lowest BCUT2D eigenvalue weighted by atomic mass is 9.84. The van der Waals surface area contributed by atoms with Crippen LogP contribution in [0.4, 0.5) is 0 Å². The molecule has 3 aliphatic rings. The number of nitrogens with zero attached hydrogens (tertiary/aromatic N) is 3. The monoisotopic (exact) mass is 420 g/mol. The van der Waals surface area contributed by atoms with Crippen LogP contribution in [0.15, 0.2) is 30.3 Å². The van der Waals surface area contributed by atoms with Crippen LogP contribution in [0.3, 0.4) is 0 Å². The molecule has 0 radical (unpaired) electrons. The van der Waals surface area contributed by atoms with Gasteiger partial charge in [-0.05, 0) is 38.5 Å². The normalized spacial score (nSPS) is 20.2. The van der Waals surface area contributed by atoms with Crippen molar-refractivity contribution in [3.63, 3.8) is 0 Å². The number of carbonyl (C=O) groups is 2. The Morgan fingerprint density at radius 3 is 2.48 bits per heavy atom. The van der Waals surface area contributed by atoms with Crippen LogP contribution in [0.2, 0.25) is 0 Å². The predicted octanol–water partition coefficient (Wildman–Crippen LogP) is 4.00. The van der Waals surface area contributed by atoms with E-state index in [1.54, 1.807) is 0 Å². The second-order valence-corrected chi connectivity index (χ2v) is 9.44. The fourth-order valence-corrected chi connectivity index (χ4v) is 5.16. The molecule has 0 bridgehead atoms. The molecule has 31 heavy (non-hydrogen) atoms. The predicted molar refractivity (Wildman–Crippen MR) is 119 cm³/mol. The highest BCUT2D eigenvalue weighted by Gasteiger charge is 2.37. The van der Waals surface area contributed by atoms with E-state index < -0.39 is 0 Å². The van der Waals surface area contributed by atoms with Crippen molar-refractivity contribution in [2.45, 2.75) is 71.0 Å². The van der Waals surface area contributed by atoms with Gasteiger partial charge in [-0.15, -0.1) is 0 Å². The fourth-order valence-electron chi connectivity index (χ4n) is 5.16. The van der Waals surface area contributed by atoms with E-state index in [9.17, 15) is 9.59 Å². The zero-order valence-electron chi connectivity index (χ0n) is 18.3. The van der Waals surface area contributed by atoms with Gasteiger partial charge in [-0.1, -0.05) is 49.6 Å². The van der Waals surface area contributed by atoms with Crippen molar-refractivity contribution < 1.29 is 9.59 Å². The summed E-state index contributed by atoms with van der Waals surface area (Å²) in [6.45, 7) is 3.95. The third-order valence-corrected chi connectivity index (χ3v) is 7.21. The quantitative estimate of drug-likeness (QED) is 0.795. The number of hydrogen-bond acceptors (Lipinski definition) is 3. The maximum absolute atomic E-state index is 13.3. The van der Waals surface area contributed by atoms with Crippen molar-refractivity contribution >= 4 is 11.8 Å². The van der Waals surface area contributed by atoms with Gasteiger partial charge in [-0.3, -0.25) is 9.59 Å². The maximum Gasteiger partial charge on any atom is 0.272 e. The largest absolute Gasteiger partial charge is 0.348 e. The van der Waals surface area contributed by atoms with Crippen molar-refractivity contribution in [3.8, 4) is 11.4 Å². The second kappa shape index (κ2) is 8.48. The van der Waals surface area contributed by atoms with Gasteiger partial charge >= 0.3 is 0 Å². The van der Waals surface area contributed by atoms with Gasteiger partial charge in [0.25, 0.3) is 5.91 Å². The second-order valence-electron chi connectivity index (χ2n) is 9.44. The topological polar surface area (TPSA) is 67.2 Å². The minimum atomic E-state index is -0.107. The molecule has 1 aliphatic heterocycles. The molecule has 164 valence electrons. The molecule has 2 fully saturated rings. The van der Waals surface area contributed by atoms with Crippen molar-refractivity contribution in [3.05, 3.63) is 41.7 Å². The average Bonchev–Trinajstić information content (AvgIpc) is 3.59. The lowest BCUT2D eigenvalue weighted by Crippen LogP contribution is -2.42. The molecule has 5 rings (SSSR count). The van der Waals surface area contributed by atoms with E-state index in [0.29, 0.717) is 31.2 Å². The number of imidazole rings is 1. The minimum Gasteiger partial charge on any atom is -0.348 e. The van der Waals surface area contributed by atoms with Gasteiger partial charge in [0.1, 0.15) is 5.82 Å². The molecule has 1 atom stereocenters. The maximum atomic E-state index is 13.3. The zero-order chi connectivity index (χ0) is 21.4. The van der Waals surface area contributed by atoms with Crippen LogP contribution in [0.5, 0.6) is 0 Å². The van der Waals surface area contributed by atoms with E-state index in [4.69, 9.17) is 4.98 Å². The summed E-state index contributed by atoms with van der Waals surface area (Å²) < 4.78 is 2.15. The number of carbonyl (C=O) groups excluding carboxylic acids is 2. The van der Waals surface area contributed by atoms with Gasteiger partial charge < -0.3 is 14.8 Å². The third-order valence-electron chi connectivity index (χ3n) is 7.21. The smallest absolute Gasteiger partial charge is 0.272 e. The molecule has 0 saturated heterocycles. The molecule has 1 N–H and O–H groups in total. The molecule has 0 spiro atoms. The van der Waals surface area contributed by atoms with Crippen molar-refractivity contribution in [1.82, 2.24) is 19.8 Å².